The Balaban J connectivity index is 0.00000261. The molecular weight excluding hydrogens is 407 g/mol. The number of amides is 2. The number of rotatable bonds is 4. The number of halogens is 2. The number of nitrogens with zero attached hydrogens (tertiary/aromatic N) is 3. The Kier molecular flexibility index (Phi) is 8.04. The van der Waals surface area contributed by atoms with E-state index in [1.165, 1.54) is 11.3 Å². The van der Waals surface area contributed by atoms with E-state index in [0.717, 1.165) is 11.4 Å². The Morgan fingerprint density at radius 3 is 2.33 bits per heavy atom. The Morgan fingerprint density at radius 2 is 1.70 bits per heavy atom. The number of aromatic nitrogens is 1. The van der Waals surface area contributed by atoms with E-state index in [2.05, 4.69) is 4.98 Å². The maximum atomic E-state index is 12.7. The molecule has 0 atom stereocenters. The predicted octanol–water partition coefficient (Wildman–Crippen LogP) is 2.71. The summed E-state index contributed by atoms with van der Waals surface area (Å²) in [5.41, 5.74) is 6.62. The molecule has 0 radical (unpaired) electrons. The second-order valence-corrected chi connectivity index (χ2v) is 7.49. The van der Waals surface area contributed by atoms with E-state index in [4.69, 9.17) is 17.3 Å². The van der Waals surface area contributed by atoms with Crippen molar-refractivity contribution in [1.29, 1.82) is 0 Å². The van der Waals surface area contributed by atoms with Crippen LogP contribution in [-0.4, -0.2) is 59.3 Å². The SMILES string of the molecule is Cl.NCCc1nc(C(=O)N2CCCN(C(=O)c3ccc(Cl)cc3)CC2)cs1. The van der Waals surface area contributed by atoms with E-state index in [0.29, 0.717) is 55.4 Å². The largest absolute Gasteiger partial charge is 0.337 e. The lowest BCUT2D eigenvalue weighted by Crippen LogP contribution is -2.37. The Morgan fingerprint density at radius 1 is 1.07 bits per heavy atom. The fourth-order valence-corrected chi connectivity index (χ4v) is 3.82. The van der Waals surface area contributed by atoms with Gasteiger partial charge in [0.1, 0.15) is 5.69 Å². The maximum Gasteiger partial charge on any atom is 0.273 e. The molecule has 1 aromatic carbocycles. The lowest BCUT2D eigenvalue weighted by atomic mass is 10.2. The number of nitrogens with two attached hydrogens (primary N) is 1. The van der Waals surface area contributed by atoms with Gasteiger partial charge in [-0.25, -0.2) is 4.98 Å². The van der Waals surface area contributed by atoms with Gasteiger partial charge in [0.25, 0.3) is 11.8 Å². The molecule has 2 heterocycles. The molecule has 9 heteroatoms. The number of benzene rings is 1. The molecule has 0 spiro atoms. The van der Waals surface area contributed by atoms with Crippen LogP contribution >= 0.6 is 35.3 Å². The highest BCUT2D eigenvalue weighted by atomic mass is 35.5. The molecule has 0 unspecified atom stereocenters. The van der Waals surface area contributed by atoms with Crippen LogP contribution in [0.5, 0.6) is 0 Å². The Bertz CT molecular complexity index is 782. The van der Waals surface area contributed by atoms with Gasteiger partial charge in [-0.1, -0.05) is 11.6 Å². The molecule has 1 aliphatic rings. The fourth-order valence-electron chi connectivity index (χ4n) is 2.91. The lowest BCUT2D eigenvalue weighted by Gasteiger charge is -2.22. The van der Waals surface area contributed by atoms with Crippen LogP contribution in [0.15, 0.2) is 29.6 Å². The molecule has 6 nitrogen and oxygen atoms in total. The molecule has 0 saturated carbocycles. The maximum absolute atomic E-state index is 12.7. The summed E-state index contributed by atoms with van der Waals surface area (Å²) >= 11 is 7.34. The molecule has 0 bridgehead atoms. The molecule has 1 aliphatic heterocycles. The van der Waals surface area contributed by atoms with Gasteiger partial charge in [0.05, 0.1) is 5.01 Å². The quantitative estimate of drug-likeness (QED) is 0.811. The van der Waals surface area contributed by atoms with Crippen molar-refractivity contribution in [3.05, 3.63) is 50.9 Å². The zero-order valence-corrected chi connectivity index (χ0v) is 17.2. The van der Waals surface area contributed by atoms with Gasteiger partial charge >= 0.3 is 0 Å². The van der Waals surface area contributed by atoms with Crippen LogP contribution in [-0.2, 0) is 6.42 Å². The average molecular weight is 429 g/mol. The molecule has 27 heavy (non-hydrogen) atoms. The zero-order valence-electron chi connectivity index (χ0n) is 14.8. The van der Waals surface area contributed by atoms with Crippen LogP contribution in [0.1, 0.15) is 32.3 Å². The number of carbonyl (C=O) groups is 2. The van der Waals surface area contributed by atoms with Gasteiger partial charge in [-0.3, -0.25) is 9.59 Å². The molecule has 1 aromatic heterocycles. The fraction of sp³-hybridized carbons (Fsp3) is 0.389. The summed E-state index contributed by atoms with van der Waals surface area (Å²) in [5.74, 6) is -0.111. The number of hydrogen-bond donors (Lipinski definition) is 1. The zero-order chi connectivity index (χ0) is 18.5. The highest BCUT2D eigenvalue weighted by molar-refractivity contribution is 7.09. The third-order valence-corrected chi connectivity index (χ3v) is 5.45. The van der Waals surface area contributed by atoms with E-state index in [-0.39, 0.29) is 24.2 Å². The smallest absolute Gasteiger partial charge is 0.273 e. The minimum Gasteiger partial charge on any atom is -0.337 e. The minimum atomic E-state index is -0.0784. The molecule has 2 amide bonds. The molecule has 1 fully saturated rings. The second-order valence-electron chi connectivity index (χ2n) is 6.11. The first-order valence-electron chi connectivity index (χ1n) is 8.57. The summed E-state index contributed by atoms with van der Waals surface area (Å²) < 4.78 is 0. The third kappa shape index (κ3) is 5.42. The van der Waals surface area contributed by atoms with E-state index in [1.54, 1.807) is 39.4 Å². The van der Waals surface area contributed by atoms with E-state index < -0.39 is 0 Å². The molecule has 0 aliphatic carbocycles. The van der Waals surface area contributed by atoms with Crippen LogP contribution in [0.2, 0.25) is 5.02 Å². The predicted molar refractivity (Wildman–Crippen MR) is 110 cm³/mol. The second kappa shape index (κ2) is 10.0. The molecule has 2 N–H and O–H groups in total. The van der Waals surface area contributed by atoms with Gasteiger partial charge in [-0.2, -0.15) is 0 Å². The summed E-state index contributed by atoms with van der Waals surface area (Å²) in [6.07, 6.45) is 1.42. The summed E-state index contributed by atoms with van der Waals surface area (Å²) in [6, 6.07) is 6.88. The van der Waals surface area contributed by atoms with E-state index >= 15 is 0 Å². The van der Waals surface area contributed by atoms with Gasteiger partial charge in [0.2, 0.25) is 0 Å². The van der Waals surface area contributed by atoms with Crippen LogP contribution in [0, 0.1) is 0 Å². The Hall–Kier alpha value is -1.67. The standard InChI is InChI=1S/C18H21ClN4O2S.ClH/c19-14-4-2-13(3-5-14)17(24)22-8-1-9-23(11-10-22)18(25)15-12-26-16(21-15)6-7-20;/h2-5,12H,1,6-11,20H2;1H. The highest BCUT2D eigenvalue weighted by Gasteiger charge is 2.24. The van der Waals surface area contributed by atoms with Gasteiger partial charge in [0, 0.05) is 48.6 Å². The Labute approximate surface area is 173 Å². The summed E-state index contributed by atoms with van der Waals surface area (Å²) in [5, 5.41) is 3.27. The van der Waals surface area contributed by atoms with Gasteiger partial charge in [-0.15, -0.1) is 23.7 Å². The topological polar surface area (TPSA) is 79.5 Å². The van der Waals surface area contributed by atoms with Crippen molar-refractivity contribution in [3.63, 3.8) is 0 Å². The highest BCUT2D eigenvalue weighted by Crippen LogP contribution is 2.16. The van der Waals surface area contributed by atoms with Crippen molar-refractivity contribution in [3.8, 4) is 0 Å². The van der Waals surface area contributed by atoms with Crippen LogP contribution < -0.4 is 5.73 Å². The summed E-state index contributed by atoms with van der Waals surface area (Å²) in [6.45, 7) is 2.77. The minimum absolute atomic E-state index is 0. The molecular formula is C18H22Cl2N4O2S. The van der Waals surface area contributed by atoms with Gasteiger partial charge in [0.15, 0.2) is 0 Å². The van der Waals surface area contributed by atoms with E-state index in [1.807, 2.05) is 0 Å². The first-order chi connectivity index (χ1) is 12.6. The molecule has 146 valence electrons. The average Bonchev–Trinajstić information content (AvgIpc) is 2.97. The number of thiazole rings is 1. The van der Waals surface area contributed by atoms with Crippen molar-refractivity contribution >= 4 is 47.2 Å². The van der Waals surface area contributed by atoms with Crippen molar-refractivity contribution in [1.82, 2.24) is 14.8 Å². The number of hydrogen-bond acceptors (Lipinski definition) is 5. The lowest BCUT2D eigenvalue weighted by molar-refractivity contribution is 0.0716. The van der Waals surface area contributed by atoms with Crippen molar-refractivity contribution in [2.75, 3.05) is 32.7 Å². The summed E-state index contributed by atoms with van der Waals surface area (Å²) in [4.78, 5) is 33.3. The molecule has 3 rings (SSSR count). The van der Waals surface area contributed by atoms with Gasteiger partial charge < -0.3 is 15.5 Å². The van der Waals surface area contributed by atoms with Crippen molar-refractivity contribution in [2.45, 2.75) is 12.8 Å². The van der Waals surface area contributed by atoms with Crippen LogP contribution in [0.3, 0.4) is 0 Å². The first-order valence-corrected chi connectivity index (χ1v) is 9.83. The monoisotopic (exact) mass is 428 g/mol. The summed E-state index contributed by atoms with van der Waals surface area (Å²) in [7, 11) is 0. The third-order valence-electron chi connectivity index (χ3n) is 4.29. The molecule has 2 aromatic rings. The normalized spacial score (nSPS) is 14.4. The van der Waals surface area contributed by atoms with Crippen molar-refractivity contribution < 1.29 is 9.59 Å². The molecule has 1 saturated heterocycles. The first kappa shape index (κ1) is 21.6. The van der Waals surface area contributed by atoms with Crippen molar-refractivity contribution in [2.24, 2.45) is 5.73 Å². The number of carbonyl (C=O) groups excluding carboxylic acids is 2. The van der Waals surface area contributed by atoms with E-state index in [9.17, 15) is 9.59 Å². The van der Waals surface area contributed by atoms with Crippen LogP contribution in [0.25, 0.3) is 0 Å². The van der Waals surface area contributed by atoms with Crippen LogP contribution in [0.4, 0.5) is 0 Å². The van der Waals surface area contributed by atoms with Gasteiger partial charge in [-0.05, 0) is 37.2 Å².